The number of rotatable bonds is 6. The second-order valence-electron chi connectivity index (χ2n) is 6.80. The van der Waals surface area contributed by atoms with Crippen LogP contribution in [0.25, 0.3) is 17.4 Å². The van der Waals surface area contributed by atoms with Gasteiger partial charge in [0.2, 0.25) is 5.76 Å². The molecule has 0 atom stereocenters. The number of esters is 2. The van der Waals surface area contributed by atoms with Crippen LogP contribution in [0.15, 0.2) is 62.3 Å². The van der Waals surface area contributed by atoms with Crippen LogP contribution in [0.4, 0.5) is 4.79 Å². The average Bonchev–Trinajstić information content (AvgIpc) is 3.55. The number of hydrogen-bond acceptors (Lipinski definition) is 9. The van der Waals surface area contributed by atoms with Gasteiger partial charge >= 0.3 is 11.9 Å². The van der Waals surface area contributed by atoms with Crippen molar-refractivity contribution in [2.24, 2.45) is 0 Å². The summed E-state index contributed by atoms with van der Waals surface area (Å²) in [5, 5.41) is -0.465. The van der Waals surface area contributed by atoms with Gasteiger partial charge in [0.05, 0.1) is 31.2 Å². The molecule has 33 heavy (non-hydrogen) atoms. The molecule has 1 aromatic carbocycles. The number of furan rings is 2. The van der Waals surface area contributed by atoms with Gasteiger partial charge in [0.15, 0.2) is 0 Å². The summed E-state index contributed by atoms with van der Waals surface area (Å²) in [5.41, 5.74) is 1.15. The SMILES string of the molecule is COC(=O)c1ccc(-c2ccc(/C=C3/SC(=O)N(Cc4ccc(C(=O)OC)o4)C3=O)o2)cc1. The first-order valence-corrected chi connectivity index (χ1v) is 10.4. The second-order valence-corrected chi connectivity index (χ2v) is 7.79. The Morgan fingerprint density at radius 1 is 0.939 bits per heavy atom. The standard InChI is InChI=1S/C23H17NO8S/c1-29-21(26)14-5-3-13(4-6-14)17-9-7-15(31-17)11-19-20(25)24(23(28)33-19)12-16-8-10-18(32-16)22(27)30-2/h3-11H,12H2,1-2H3/b19-11+. The number of benzene rings is 1. The monoisotopic (exact) mass is 467 g/mol. The third-order valence-electron chi connectivity index (χ3n) is 4.73. The predicted octanol–water partition coefficient (Wildman–Crippen LogP) is 4.35. The van der Waals surface area contributed by atoms with E-state index in [9.17, 15) is 19.2 Å². The van der Waals surface area contributed by atoms with Crippen LogP contribution in [-0.2, 0) is 20.8 Å². The highest BCUT2D eigenvalue weighted by Crippen LogP contribution is 2.34. The highest BCUT2D eigenvalue weighted by atomic mass is 32.2. The molecule has 4 rings (SSSR count). The zero-order valence-electron chi connectivity index (χ0n) is 17.5. The fraction of sp³-hybridized carbons (Fsp3) is 0.130. The second kappa shape index (κ2) is 9.21. The van der Waals surface area contributed by atoms with E-state index in [1.54, 1.807) is 36.4 Å². The normalized spacial score (nSPS) is 14.7. The van der Waals surface area contributed by atoms with E-state index in [1.807, 2.05) is 0 Å². The van der Waals surface area contributed by atoms with Gasteiger partial charge in [0, 0.05) is 11.6 Å². The maximum absolute atomic E-state index is 12.7. The number of nitrogens with zero attached hydrogens (tertiary/aromatic N) is 1. The van der Waals surface area contributed by atoms with Crippen molar-refractivity contribution in [2.45, 2.75) is 6.54 Å². The van der Waals surface area contributed by atoms with Gasteiger partial charge < -0.3 is 18.3 Å². The number of thioether (sulfide) groups is 1. The van der Waals surface area contributed by atoms with Crippen LogP contribution in [0.2, 0.25) is 0 Å². The van der Waals surface area contributed by atoms with Crippen molar-refractivity contribution in [1.82, 2.24) is 4.90 Å². The Bertz CT molecular complexity index is 1270. The first kappa shape index (κ1) is 22.2. The molecule has 0 unspecified atom stereocenters. The molecular formula is C23H17NO8S. The van der Waals surface area contributed by atoms with Gasteiger partial charge in [-0.1, -0.05) is 12.1 Å². The van der Waals surface area contributed by atoms with Crippen molar-refractivity contribution in [3.63, 3.8) is 0 Å². The molecule has 3 heterocycles. The molecule has 0 spiro atoms. The summed E-state index contributed by atoms with van der Waals surface area (Å²) >= 11 is 0.780. The van der Waals surface area contributed by atoms with Gasteiger partial charge in [-0.05, 0) is 48.2 Å². The largest absolute Gasteiger partial charge is 0.465 e. The van der Waals surface area contributed by atoms with E-state index in [-0.39, 0.29) is 23.0 Å². The van der Waals surface area contributed by atoms with E-state index in [0.717, 1.165) is 22.2 Å². The molecule has 1 aliphatic rings. The van der Waals surface area contributed by atoms with E-state index >= 15 is 0 Å². The molecule has 0 bridgehead atoms. The molecule has 1 fully saturated rings. The van der Waals surface area contributed by atoms with Crippen LogP contribution in [0.3, 0.4) is 0 Å². The number of hydrogen-bond donors (Lipinski definition) is 0. The lowest BCUT2D eigenvalue weighted by Crippen LogP contribution is -2.27. The average molecular weight is 467 g/mol. The fourth-order valence-electron chi connectivity index (χ4n) is 3.07. The van der Waals surface area contributed by atoms with E-state index in [2.05, 4.69) is 9.47 Å². The Kier molecular flexibility index (Phi) is 6.18. The summed E-state index contributed by atoms with van der Waals surface area (Å²) in [6.07, 6.45) is 1.49. The topological polar surface area (TPSA) is 116 Å². The zero-order valence-corrected chi connectivity index (χ0v) is 18.3. The molecular weight excluding hydrogens is 450 g/mol. The number of amides is 2. The van der Waals surface area contributed by atoms with Crippen LogP contribution >= 0.6 is 11.8 Å². The third kappa shape index (κ3) is 4.60. The van der Waals surface area contributed by atoms with Crippen LogP contribution in [-0.4, -0.2) is 42.2 Å². The summed E-state index contributed by atoms with van der Waals surface area (Å²) in [5.74, 6) is -0.410. The zero-order chi connectivity index (χ0) is 23.5. The Labute approximate surface area is 191 Å². The molecule has 1 aliphatic heterocycles. The minimum Gasteiger partial charge on any atom is -0.465 e. The highest BCUT2D eigenvalue weighted by molar-refractivity contribution is 8.18. The Hall–Kier alpha value is -4.05. The molecule has 2 amide bonds. The van der Waals surface area contributed by atoms with Gasteiger partial charge in [-0.2, -0.15) is 0 Å². The van der Waals surface area contributed by atoms with Crippen LogP contribution in [0, 0.1) is 0 Å². The smallest absolute Gasteiger partial charge is 0.373 e. The molecule has 168 valence electrons. The Balaban J connectivity index is 1.48. The summed E-state index contributed by atoms with van der Waals surface area (Å²) in [7, 11) is 2.54. The lowest BCUT2D eigenvalue weighted by molar-refractivity contribution is -0.123. The van der Waals surface area contributed by atoms with E-state index < -0.39 is 23.1 Å². The molecule has 3 aromatic rings. The highest BCUT2D eigenvalue weighted by Gasteiger charge is 2.36. The minimum absolute atomic E-state index is 0.0160. The summed E-state index contributed by atoms with van der Waals surface area (Å²) < 4.78 is 20.4. The molecule has 0 saturated carbocycles. The summed E-state index contributed by atoms with van der Waals surface area (Å²) in [6, 6.07) is 13.0. The molecule has 0 aliphatic carbocycles. The third-order valence-corrected chi connectivity index (χ3v) is 5.63. The van der Waals surface area contributed by atoms with E-state index in [1.165, 1.54) is 32.4 Å². The van der Waals surface area contributed by atoms with Crippen LogP contribution < -0.4 is 0 Å². The van der Waals surface area contributed by atoms with Crippen molar-refractivity contribution in [3.05, 3.63) is 76.3 Å². The van der Waals surface area contributed by atoms with Crippen LogP contribution in [0.5, 0.6) is 0 Å². The molecule has 2 aromatic heterocycles. The van der Waals surface area contributed by atoms with Crippen molar-refractivity contribution in [3.8, 4) is 11.3 Å². The van der Waals surface area contributed by atoms with E-state index in [0.29, 0.717) is 17.1 Å². The van der Waals surface area contributed by atoms with Gasteiger partial charge in [-0.15, -0.1) is 0 Å². The number of carbonyl (C=O) groups is 4. The first-order valence-electron chi connectivity index (χ1n) is 9.60. The maximum atomic E-state index is 12.7. The molecule has 9 nitrogen and oxygen atoms in total. The summed E-state index contributed by atoms with van der Waals surface area (Å²) in [6.45, 7) is -0.116. The number of carbonyl (C=O) groups excluding carboxylic acids is 4. The number of imide groups is 1. The van der Waals surface area contributed by atoms with Gasteiger partial charge in [0.25, 0.3) is 11.1 Å². The number of methoxy groups -OCH3 is 2. The Morgan fingerprint density at radius 2 is 1.67 bits per heavy atom. The fourth-order valence-corrected chi connectivity index (χ4v) is 3.89. The van der Waals surface area contributed by atoms with Crippen molar-refractivity contribution in [1.29, 1.82) is 0 Å². The Morgan fingerprint density at radius 3 is 2.36 bits per heavy atom. The first-order chi connectivity index (χ1) is 15.9. The van der Waals surface area contributed by atoms with Crippen molar-refractivity contribution >= 4 is 40.9 Å². The number of ether oxygens (including phenoxy) is 2. The van der Waals surface area contributed by atoms with Crippen LogP contribution in [0.1, 0.15) is 32.4 Å². The lowest BCUT2D eigenvalue weighted by Gasteiger charge is -2.09. The maximum Gasteiger partial charge on any atom is 0.373 e. The molecule has 1 saturated heterocycles. The van der Waals surface area contributed by atoms with Gasteiger partial charge in [0.1, 0.15) is 17.3 Å². The van der Waals surface area contributed by atoms with Crippen molar-refractivity contribution in [2.75, 3.05) is 14.2 Å². The lowest BCUT2D eigenvalue weighted by atomic mass is 10.1. The quantitative estimate of drug-likeness (QED) is 0.385. The van der Waals surface area contributed by atoms with E-state index in [4.69, 9.17) is 8.83 Å². The van der Waals surface area contributed by atoms with Gasteiger partial charge in [-0.25, -0.2) is 9.59 Å². The van der Waals surface area contributed by atoms with Crippen molar-refractivity contribution < 1.29 is 37.5 Å². The van der Waals surface area contributed by atoms with Gasteiger partial charge in [-0.3, -0.25) is 14.5 Å². The predicted molar refractivity (Wildman–Crippen MR) is 117 cm³/mol. The summed E-state index contributed by atoms with van der Waals surface area (Å²) in [4.78, 5) is 49.4. The molecule has 0 N–H and O–H groups in total. The molecule has 10 heteroatoms. The minimum atomic E-state index is -0.649. The molecule has 0 radical (unpaired) electrons.